The van der Waals surface area contributed by atoms with Gasteiger partial charge in [0.2, 0.25) is 4.96 Å². The summed E-state index contributed by atoms with van der Waals surface area (Å²) in [6, 6.07) is 16.0. The standard InChI is InChI=1S/C17H12BrN3OS2/c18-12-7-5-11(6-8-12)9-13(22)10-23-16-19-20-17-21(16)14-3-1-2-4-15(14)24-17/h1-8H,9-10H2. The molecular formula is C17H12BrN3OS2. The van der Waals surface area contributed by atoms with E-state index in [1.165, 1.54) is 16.5 Å². The van der Waals surface area contributed by atoms with E-state index >= 15 is 0 Å². The number of hydrogen-bond acceptors (Lipinski definition) is 5. The van der Waals surface area contributed by atoms with Crippen molar-refractivity contribution in [1.82, 2.24) is 14.6 Å². The summed E-state index contributed by atoms with van der Waals surface area (Å²) in [6.07, 6.45) is 0.437. The van der Waals surface area contributed by atoms with E-state index in [9.17, 15) is 4.79 Å². The van der Waals surface area contributed by atoms with Crippen molar-refractivity contribution in [2.24, 2.45) is 0 Å². The number of carbonyl (C=O) groups excluding carboxylic acids is 1. The SMILES string of the molecule is O=C(CSc1nnc2sc3ccccc3n12)Cc1ccc(Br)cc1. The Morgan fingerprint density at radius 2 is 1.92 bits per heavy atom. The van der Waals surface area contributed by atoms with Gasteiger partial charge in [-0.3, -0.25) is 9.20 Å². The van der Waals surface area contributed by atoms with Crippen LogP contribution in [0.1, 0.15) is 5.56 Å². The normalized spacial score (nSPS) is 11.4. The summed E-state index contributed by atoms with van der Waals surface area (Å²) in [7, 11) is 0. The van der Waals surface area contributed by atoms with Gasteiger partial charge in [-0.1, -0.05) is 63.3 Å². The molecule has 7 heteroatoms. The second-order valence-electron chi connectivity index (χ2n) is 5.30. The maximum Gasteiger partial charge on any atom is 0.217 e. The van der Waals surface area contributed by atoms with Crippen LogP contribution in [0.5, 0.6) is 0 Å². The third kappa shape index (κ3) is 3.11. The molecule has 0 saturated carbocycles. The fourth-order valence-electron chi connectivity index (χ4n) is 2.47. The first-order valence-corrected chi connectivity index (χ1v) is 9.92. The molecule has 24 heavy (non-hydrogen) atoms. The van der Waals surface area contributed by atoms with Gasteiger partial charge in [0.1, 0.15) is 5.78 Å². The molecule has 0 unspecified atom stereocenters. The maximum absolute atomic E-state index is 12.2. The number of aromatic nitrogens is 3. The number of ketones is 1. The molecule has 0 bridgehead atoms. The minimum atomic E-state index is 0.179. The lowest BCUT2D eigenvalue weighted by atomic mass is 10.1. The van der Waals surface area contributed by atoms with Crippen molar-refractivity contribution in [2.75, 3.05) is 5.75 Å². The molecule has 0 atom stereocenters. The Kier molecular flexibility index (Phi) is 4.39. The van der Waals surface area contributed by atoms with Gasteiger partial charge in [0.05, 0.1) is 16.0 Å². The first-order chi connectivity index (χ1) is 11.7. The van der Waals surface area contributed by atoms with E-state index in [1.807, 2.05) is 40.8 Å². The highest BCUT2D eigenvalue weighted by molar-refractivity contribution is 9.10. The van der Waals surface area contributed by atoms with Gasteiger partial charge in [-0.15, -0.1) is 10.2 Å². The van der Waals surface area contributed by atoms with Crippen LogP contribution in [0, 0.1) is 0 Å². The molecule has 0 aliphatic heterocycles. The number of carbonyl (C=O) groups is 1. The summed E-state index contributed by atoms with van der Waals surface area (Å²) in [5, 5.41) is 9.22. The molecule has 120 valence electrons. The average molecular weight is 418 g/mol. The van der Waals surface area contributed by atoms with Gasteiger partial charge >= 0.3 is 0 Å². The molecule has 0 aliphatic carbocycles. The fraction of sp³-hybridized carbons (Fsp3) is 0.118. The quantitative estimate of drug-likeness (QED) is 0.444. The summed E-state index contributed by atoms with van der Waals surface area (Å²) in [6.45, 7) is 0. The Balaban J connectivity index is 1.50. The van der Waals surface area contributed by atoms with Crippen LogP contribution in [0.25, 0.3) is 15.2 Å². The summed E-state index contributed by atoms with van der Waals surface area (Å²) >= 11 is 6.45. The van der Waals surface area contributed by atoms with Gasteiger partial charge in [-0.25, -0.2) is 0 Å². The number of thioether (sulfide) groups is 1. The smallest absolute Gasteiger partial charge is 0.217 e. The van der Waals surface area contributed by atoms with Crippen molar-refractivity contribution in [1.29, 1.82) is 0 Å². The van der Waals surface area contributed by atoms with E-state index in [2.05, 4.69) is 38.3 Å². The van der Waals surface area contributed by atoms with Crippen molar-refractivity contribution in [2.45, 2.75) is 11.6 Å². The first kappa shape index (κ1) is 15.8. The molecule has 0 spiro atoms. The molecule has 0 amide bonds. The van der Waals surface area contributed by atoms with Crippen molar-refractivity contribution in [3.63, 3.8) is 0 Å². The van der Waals surface area contributed by atoms with Gasteiger partial charge in [0, 0.05) is 10.9 Å². The lowest BCUT2D eigenvalue weighted by Gasteiger charge is -2.01. The van der Waals surface area contributed by atoms with Crippen LogP contribution in [-0.2, 0) is 11.2 Å². The monoisotopic (exact) mass is 417 g/mol. The second-order valence-corrected chi connectivity index (χ2v) is 8.17. The maximum atomic E-state index is 12.2. The zero-order valence-corrected chi connectivity index (χ0v) is 15.7. The third-order valence-corrected chi connectivity index (χ3v) is 6.12. The van der Waals surface area contributed by atoms with E-state index in [0.717, 1.165) is 25.7 Å². The number of benzene rings is 2. The highest BCUT2D eigenvalue weighted by atomic mass is 79.9. The minimum absolute atomic E-state index is 0.179. The summed E-state index contributed by atoms with van der Waals surface area (Å²) in [4.78, 5) is 13.1. The van der Waals surface area contributed by atoms with E-state index in [4.69, 9.17) is 0 Å². The van der Waals surface area contributed by atoms with Gasteiger partial charge in [-0.2, -0.15) is 0 Å². The Labute approximate surface area is 155 Å². The highest BCUT2D eigenvalue weighted by Gasteiger charge is 2.14. The molecule has 0 N–H and O–H groups in total. The number of thiazole rings is 1. The molecule has 0 radical (unpaired) electrons. The number of fused-ring (bicyclic) bond motifs is 3. The lowest BCUT2D eigenvalue weighted by Crippen LogP contribution is -2.06. The topological polar surface area (TPSA) is 47.3 Å². The molecule has 2 aromatic carbocycles. The van der Waals surface area contributed by atoms with Crippen molar-refractivity contribution in [3.05, 3.63) is 58.6 Å². The summed E-state index contributed by atoms with van der Waals surface area (Å²) in [5.74, 6) is 0.569. The average Bonchev–Trinajstić information content (AvgIpc) is 3.14. The summed E-state index contributed by atoms with van der Waals surface area (Å²) < 4.78 is 4.21. The van der Waals surface area contributed by atoms with Gasteiger partial charge < -0.3 is 0 Å². The van der Waals surface area contributed by atoms with Crippen LogP contribution in [-0.4, -0.2) is 26.1 Å². The van der Waals surface area contributed by atoms with Crippen LogP contribution >= 0.6 is 39.0 Å². The Morgan fingerprint density at radius 3 is 2.75 bits per heavy atom. The molecule has 2 aromatic heterocycles. The molecule has 0 aliphatic rings. The number of rotatable bonds is 5. The molecule has 4 nitrogen and oxygen atoms in total. The van der Waals surface area contributed by atoms with Crippen LogP contribution < -0.4 is 0 Å². The zero-order valence-electron chi connectivity index (χ0n) is 12.5. The third-order valence-electron chi connectivity index (χ3n) is 3.59. The Bertz CT molecular complexity index is 1020. The number of hydrogen-bond donors (Lipinski definition) is 0. The molecule has 0 fully saturated rings. The van der Waals surface area contributed by atoms with Crippen LogP contribution in [0.4, 0.5) is 0 Å². The molecule has 0 saturated heterocycles. The molecular weight excluding hydrogens is 406 g/mol. The van der Waals surface area contributed by atoms with Crippen LogP contribution in [0.3, 0.4) is 0 Å². The Morgan fingerprint density at radius 1 is 1.12 bits per heavy atom. The number of nitrogens with zero attached hydrogens (tertiary/aromatic N) is 3. The molecule has 2 heterocycles. The van der Waals surface area contributed by atoms with Gasteiger partial charge in [0.15, 0.2) is 5.16 Å². The zero-order chi connectivity index (χ0) is 16.5. The Hall–Kier alpha value is -1.70. The fourth-order valence-corrected chi connectivity index (χ4v) is 4.57. The molecule has 4 aromatic rings. The van der Waals surface area contributed by atoms with Crippen LogP contribution in [0.2, 0.25) is 0 Å². The second kappa shape index (κ2) is 6.66. The predicted octanol–water partition coefficient (Wildman–Crippen LogP) is 4.61. The van der Waals surface area contributed by atoms with E-state index < -0.39 is 0 Å². The van der Waals surface area contributed by atoms with E-state index in [1.54, 1.807) is 11.3 Å². The minimum Gasteiger partial charge on any atom is -0.298 e. The van der Waals surface area contributed by atoms with Crippen molar-refractivity contribution in [3.8, 4) is 0 Å². The van der Waals surface area contributed by atoms with Crippen LogP contribution in [0.15, 0.2) is 58.2 Å². The number of Topliss-reactive ketones (excluding diaryl/α,β-unsaturated/α-hetero) is 1. The molecule has 4 rings (SSSR count). The predicted molar refractivity (Wildman–Crippen MR) is 102 cm³/mol. The van der Waals surface area contributed by atoms with Crippen molar-refractivity contribution >= 4 is 60.0 Å². The number of halogens is 1. The van der Waals surface area contributed by atoms with Gasteiger partial charge in [0.25, 0.3) is 0 Å². The van der Waals surface area contributed by atoms with Gasteiger partial charge in [-0.05, 0) is 29.8 Å². The number of para-hydroxylation sites is 1. The highest BCUT2D eigenvalue weighted by Crippen LogP contribution is 2.29. The van der Waals surface area contributed by atoms with E-state index in [-0.39, 0.29) is 5.78 Å². The van der Waals surface area contributed by atoms with Crippen molar-refractivity contribution < 1.29 is 4.79 Å². The first-order valence-electron chi connectivity index (χ1n) is 7.32. The lowest BCUT2D eigenvalue weighted by molar-refractivity contribution is -0.116. The van der Waals surface area contributed by atoms with E-state index in [0.29, 0.717) is 12.2 Å². The largest absolute Gasteiger partial charge is 0.298 e. The summed E-state index contributed by atoms with van der Waals surface area (Å²) in [5.41, 5.74) is 2.11.